The monoisotopic (exact) mass is 287 g/mol. The lowest BCUT2D eigenvalue weighted by atomic mass is 9.99. The van der Waals surface area contributed by atoms with Crippen LogP contribution >= 0.6 is 0 Å². The molecule has 3 rings (SSSR count). The normalized spacial score (nSPS) is 19.8. The number of methoxy groups -OCH3 is 1. The third-order valence-corrected chi connectivity index (χ3v) is 4.17. The third kappa shape index (κ3) is 3.10. The number of hydrogen-bond donors (Lipinski definition) is 0. The molecule has 1 aliphatic rings. The predicted molar refractivity (Wildman–Crippen MR) is 82.7 cm³/mol. The van der Waals surface area contributed by atoms with Crippen LogP contribution in [0.4, 0.5) is 0 Å². The van der Waals surface area contributed by atoms with E-state index < -0.39 is 0 Å². The SMILES string of the molecule is COc1ccc2c(CN3CCC[C@@H](C)C3)cc(=O)oc2c1. The fourth-order valence-electron chi connectivity index (χ4n) is 3.14. The molecule has 112 valence electrons. The Labute approximate surface area is 124 Å². The Hall–Kier alpha value is -1.81. The molecule has 4 nitrogen and oxygen atoms in total. The van der Waals surface area contributed by atoms with Gasteiger partial charge in [-0.05, 0) is 43.0 Å². The van der Waals surface area contributed by atoms with E-state index in [-0.39, 0.29) is 5.63 Å². The molecule has 1 aromatic carbocycles. The van der Waals surface area contributed by atoms with Crippen molar-refractivity contribution in [1.82, 2.24) is 4.90 Å². The summed E-state index contributed by atoms with van der Waals surface area (Å²) in [6.07, 6.45) is 2.53. The minimum atomic E-state index is -0.296. The molecule has 0 spiro atoms. The minimum Gasteiger partial charge on any atom is -0.497 e. The first-order valence-electron chi connectivity index (χ1n) is 7.49. The molecule has 2 heterocycles. The van der Waals surface area contributed by atoms with Crippen LogP contribution in [0.1, 0.15) is 25.3 Å². The number of ether oxygens (including phenoxy) is 1. The number of rotatable bonds is 3. The van der Waals surface area contributed by atoms with Crippen LogP contribution in [0.5, 0.6) is 5.75 Å². The highest BCUT2D eigenvalue weighted by Crippen LogP contribution is 2.25. The van der Waals surface area contributed by atoms with Gasteiger partial charge in [-0.3, -0.25) is 4.90 Å². The Bertz CT molecular complexity index is 692. The number of benzene rings is 1. The van der Waals surface area contributed by atoms with Crippen LogP contribution in [-0.4, -0.2) is 25.1 Å². The maximum Gasteiger partial charge on any atom is 0.336 e. The van der Waals surface area contributed by atoms with E-state index in [4.69, 9.17) is 9.15 Å². The van der Waals surface area contributed by atoms with Crippen molar-refractivity contribution < 1.29 is 9.15 Å². The van der Waals surface area contributed by atoms with Crippen molar-refractivity contribution in [3.05, 3.63) is 40.2 Å². The molecule has 1 aliphatic heterocycles. The topological polar surface area (TPSA) is 42.7 Å². The summed E-state index contributed by atoms with van der Waals surface area (Å²) in [6, 6.07) is 7.28. The van der Waals surface area contributed by atoms with Crippen LogP contribution in [-0.2, 0) is 6.54 Å². The van der Waals surface area contributed by atoms with E-state index in [0.717, 1.165) is 36.5 Å². The summed E-state index contributed by atoms with van der Waals surface area (Å²) < 4.78 is 10.5. The van der Waals surface area contributed by atoms with Gasteiger partial charge in [0.2, 0.25) is 0 Å². The van der Waals surface area contributed by atoms with Crippen molar-refractivity contribution in [2.75, 3.05) is 20.2 Å². The Balaban J connectivity index is 1.95. The third-order valence-electron chi connectivity index (χ3n) is 4.17. The molecule has 1 aromatic heterocycles. The lowest BCUT2D eigenvalue weighted by Gasteiger charge is -2.30. The van der Waals surface area contributed by atoms with E-state index in [9.17, 15) is 4.79 Å². The van der Waals surface area contributed by atoms with Crippen molar-refractivity contribution in [2.45, 2.75) is 26.3 Å². The second-order valence-corrected chi connectivity index (χ2v) is 5.94. The average molecular weight is 287 g/mol. The van der Waals surface area contributed by atoms with Gasteiger partial charge in [-0.25, -0.2) is 4.79 Å². The molecule has 0 saturated carbocycles. The Morgan fingerprint density at radius 1 is 1.38 bits per heavy atom. The van der Waals surface area contributed by atoms with Crippen LogP contribution in [0.2, 0.25) is 0 Å². The first-order chi connectivity index (χ1) is 10.2. The quantitative estimate of drug-likeness (QED) is 0.814. The molecule has 1 fully saturated rings. The summed E-state index contributed by atoms with van der Waals surface area (Å²) in [7, 11) is 1.61. The van der Waals surface area contributed by atoms with E-state index in [0.29, 0.717) is 11.3 Å². The summed E-state index contributed by atoms with van der Waals surface area (Å²) in [5.74, 6) is 1.43. The highest BCUT2D eigenvalue weighted by Gasteiger charge is 2.18. The zero-order chi connectivity index (χ0) is 14.8. The summed E-state index contributed by atoms with van der Waals surface area (Å²) in [4.78, 5) is 14.2. The molecule has 1 saturated heterocycles. The Morgan fingerprint density at radius 3 is 3.00 bits per heavy atom. The standard InChI is InChI=1S/C17H21NO3/c1-12-4-3-7-18(10-12)11-13-8-17(19)21-16-9-14(20-2)5-6-15(13)16/h5-6,8-9,12H,3-4,7,10-11H2,1-2H3/t12-/m1/s1. The van der Waals surface area contributed by atoms with Crippen LogP contribution in [0.25, 0.3) is 11.0 Å². The summed E-state index contributed by atoms with van der Waals surface area (Å²) >= 11 is 0. The van der Waals surface area contributed by atoms with E-state index in [1.54, 1.807) is 19.2 Å². The van der Waals surface area contributed by atoms with Gasteiger partial charge in [0, 0.05) is 30.6 Å². The largest absolute Gasteiger partial charge is 0.497 e. The van der Waals surface area contributed by atoms with Gasteiger partial charge >= 0.3 is 5.63 Å². The minimum absolute atomic E-state index is 0.296. The predicted octanol–water partition coefficient (Wildman–Crippen LogP) is 3.03. The molecule has 0 bridgehead atoms. The lowest BCUT2D eigenvalue weighted by molar-refractivity contribution is 0.177. The zero-order valence-corrected chi connectivity index (χ0v) is 12.6. The van der Waals surface area contributed by atoms with Crippen LogP contribution in [0, 0.1) is 5.92 Å². The van der Waals surface area contributed by atoms with E-state index in [1.807, 2.05) is 12.1 Å². The number of nitrogens with zero attached hydrogens (tertiary/aromatic N) is 1. The van der Waals surface area contributed by atoms with Crippen molar-refractivity contribution in [3.8, 4) is 5.75 Å². The van der Waals surface area contributed by atoms with Crippen molar-refractivity contribution in [1.29, 1.82) is 0 Å². The molecular weight excluding hydrogens is 266 g/mol. The molecular formula is C17H21NO3. The number of piperidine rings is 1. The number of fused-ring (bicyclic) bond motifs is 1. The first kappa shape index (κ1) is 14.1. The Morgan fingerprint density at radius 2 is 2.24 bits per heavy atom. The van der Waals surface area contributed by atoms with Gasteiger partial charge in [-0.2, -0.15) is 0 Å². The van der Waals surface area contributed by atoms with Crippen LogP contribution in [0.15, 0.2) is 33.5 Å². The van der Waals surface area contributed by atoms with Crippen molar-refractivity contribution in [3.63, 3.8) is 0 Å². The first-order valence-corrected chi connectivity index (χ1v) is 7.49. The summed E-state index contributed by atoms with van der Waals surface area (Å²) in [6.45, 7) is 5.29. The van der Waals surface area contributed by atoms with E-state index in [1.165, 1.54) is 12.8 Å². The van der Waals surface area contributed by atoms with Gasteiger partial charge in [0.05, 0.1) is 7.11 Å². The van der Waals surface area contributed by atoms with E-state index >= 15 is 0 Å². The van der Waals surface area contributed by atoms with Gasteiger partial charge in [-0.15, -0.1) is 0 Å². The molecule has 0 N–H and O–H groups in total. The molecule has 0 unspecified atom stereocenters. The van der Waals surface area contributed by atoms with Gasteiger partial charge in [0.1, 0.15) is 11.3 Å². The smallest absolute Gasteiger partial charge is 0.336 e. The molecule has 21 heavy (non-hydrogen) atoms. The molecule has 4 heteroatoms. The molecule has 1 atom stereocenters. The lowest BCUT2D eigenvalue weighted by Crippen LogP contribution is -2.33. The second kappa shape index (κ2) is 5.90. The van der Waals surface area contributed by atoms with Crippen LogP contribution < -0.4 is 10.4 Å². The fraction of sp³-hybridized carbons (Fsp3) is 0.471. The Kier molecular flexibility index (Phi) is 3.97. The van der Waals surface area contributed by atoms with Gasteiger partial charge in [-0.1, -0.05) is 6.92 Å². The summed E-state index contributed by atoms with van der Waals surface area (Å²) in [5, 5.41) is 0.994. The highest BCUT2D eigenvalue weighted by molar-refractivity contribution is 5.81. The van der Waals surface area contributed by atoms with Crippen molar-refractivity contribution >= 4 is 11.0 Å². The molecule has 0 radical (unpaired) electrons. The number of hydrogen-bond acceptors (Lipinski definition) is 4. The van der Waals surface area contributed by atoms with Gasteiger partial charge in [0.15, 0.2) is 0 Å². The van der Waals surface area contributed by atoms with Crippen LogP contribution in [0.3, 0.4) is 0 Å². The average Bonchev–Trinajstić information content (AvgIpc) is 2.46. The molecule has 2 aromatic rings. The zero-order valence-electron chi connectivity index (χ0n) is 12.6. The maximum atomic E-state index is 11.8. The van der Waals surface area contributed by atoms with E-state index in [2.05, 4.69) is 11.8 Å². The van der Waals surface area contributed by atoms with Crippen molar-refractivity contribution in [2.24, 2.45) is 5.92 Å². The van der Waals surface area contributed by atoms with Gasteiger partial charge < -0.3 is 9.15 Å². The van der Waals surface area contributed by atoms with Gasteiger partial charge in [0.25, 0.3) is 0 Å². The second-order valence-electron chi connectivity index (χ2n) is 5.94. The molecule has 0 amide bonds. The highest BCUT2D eigenvalue weighted by atomic mass is 16.5. The fourth-order valence-corrected chi connectivity index (χ4v) is 3.14. The maximum absolute atomic E-state index is 11.8. The number of likely N-dealkylation sites (tertiary alicyclic amines) is 1. The molecule has 0 aliphatic carbocycles. The summed E-state index contributed by atoms with van der Waals surface area (Å²) in [5.41, 5.74) is 1.34.